The van der Waals surface area contributed by atoms with Crippen LogP contribution in [-0.2, 0) is 17.9 Å². The van der Waals surface area contributed by atoms with E-state index in [0.717, 1.165) is 23.3 Å². The van der Waals surface area contributed by atoms with E-state index in [-0.39, 0.29) is 24.4 Å². The molecule has 0 spiro atoms. The minimum absolute atomic E-state index is 0.0187. The summed E-state index contributed by atoms with van der Waals surface area (Å²) in [6, 6.07) is 14.7. The molecule has 0 aliphatic heterocycles. The third-order valence-electron chi connectivity index (χ3n) is 5.08. The summed E-state index contributed by atoms with van der Waals surface area (Å²) in [4.78, 5) is 24.9. The van der Waals surface area contributed by atoms with Gasteiger partial charge in [-0.15, -0.1) is 0 Å². The zero-order valence-electron chi connectivity index (χ0n) is 18.3. The summed E-state index contributed by atoms with van der Waals surface area (Å²) < 4.78 is 7.18. The average molecular weight is 454 g/mol. The number of ether oxygens (including phenoxy) is 1. The molecule has 1 unspecified atom stereocenters. The van der Waals surface area contributed by atoms with Gasteiger partial charge in [-0.25, -0.2) is 0 Å². The lowest BCUT2D eigenvalue weighted by Gasteiger charge is -2.12. The fraction of sp³-hybridized carbons (Fsp3) is 0.304. The van der Waals surface area contributed by atoms with Gasteiger partial charge in [0.2, 0.25) is 5.91 Å². The molecule has 3 aromatic rings. The molecular formula is C23H27N5O3S. The molecule has 0 aliphatic carbocycles. The van der Waals surface area contributed by atoms with Crippen molar-refractivity contribution in [3.05, 3.63) is 64.4 Å². The molecule has 8 nitrogen and oxygen atoms in total. The van der Waals surface area contributed by atoms with E-state index in [1.54, 1.807) is 29.9 Å². The molecule has 3 rings (SSSR count). The van der Waals surface area contributed by atoms with Crippen molar-refractivity contribution in [3.63, 3.8) is 0 Å². The topological polar surface area (TPSA) is 101 Å². The predicted octanol–water partition coefficient (Wildman–Crippen LogP) is 3.46. The third-order valence-corrected chi connectivity index (χ3v) is 5.39. The number of hydrogen-bond donors (Lipinski definition) is 3. The Morgan fingerprint density at radius 3 is 2.66 bits per heavy atom. The van der Waals surface area contributed by atoms with E-state index in [9.17, 15) is 9.59 Å². The van der Waals surface area contributed by atoms with Gasteiger partial charge in [-0.2, -0.15) is 5.10 Å². The highest BCUT2D eigenvalue weighted by Gasteiger charge is 2.13. The van der Waals surface area contributed by atoms with Gasteiger partial charge in [-0.3, -0.25) is 19.3 Å². The molecule has 0 saturated heterocycles. The first-order valence-electron chi connectivity index (χ1n) is 10.4. The van der Waals surface area contributed by atoms with Crippen LogP contribution in [0.1, 0.15) is 36.2 Å². The lowest BCUT2D eigenvalue weighted by atomic mass is 10.1. The molecule has 1 heterocycles. The zero-order chi connectivity index (χ0) is 23.1. The number of carbonyl (C=O) groups excluding carboxylic acids is 2. The Hall–Kier alpha value is -3.46. The number of amides is 2. The van der Waals surface area contributed by atoms with Crippen molar-refractivity contribution in [2.75, 3.05) is 7.11 Å². The molecule has 3 N–H and O–H groups in total. The van der Waals surface area contributed by atoms with Crippen molar-refractivity contribution < 1.29 is 14.3 Å². The number of aromatic nitrogens is 3. The molecule has 0 fully saturated rings. The zero-order valence-corrected chi connectivity index (χ0v) is 19.2. The van der Waals surface area contributed by atoms with Crippen LogP contribution in [0.4, 0.5) is 0 Å². The van der Waals surface area contributed by atoms with E-state index in [4.69, 9.17) is 17.0 Å². The van der Waals surface area contributed by atoms with Crippen LogP contribution in [0.25, 0.3) is 11.4 Å². The van der Waals surface area contributed by atoms with Gasteiger partial charge in [0.15, 0.2) is 10.6 Å². The number of benzene rings is 2. The smallest absolute Gasteiger partial charge is 0.251 e. The van der Waals surface area contributed by atoms with E-state index < -0.39 is 0 Å². The SMILES string of the molecule is CCC(C)NC(=O)c1cccc(CNC(=O)Cn2c(-c3ccc(OC)cc3)n[nH]c2=S)c1. The standard InChI is InChI=1S/C23H27N5O3S/c1-4-15(2)25-22(30)18-7-5-6-16(12-18)13-24-20(29)14-28-21(26-27-23(28)32)17-8-10-19(31-3)11-9-17/h5-12,15H,4,13-14H2,1-3H3,(H,24,29)(H,25,30)(H,27,32). The van der Waals surface area contributed by atoms with E-state index in [0.29, 0.717) is 22.7 Å². The first-order valence-corrected chi connectivity index (χ1v) is 10.8. The molecule has 9 heteroatoms. The lowest BCUT2D eigenvalue weighted by molar-refractivity contribution is -0.121. The van der Waals surface area contributed by atoms with Gasteiger partial charge >= 0.3 is 0 Å². The molecule has 168 valence electrons. The second-order valence-electron chi connectivity index (χ2n) is 7.43. The number of nitrogens with zero attached hydrogens (tertiary/aromatic N) is 2. The highest BCUT2D eigenvalue weighted by Crippen LogP contribution is 2.20. The number of nitrogens with one attached hydrogen (secondary N) is 3. The monoisotopic (exact) mass is 453 g/mol. The van der Waals surface area contributed by atoms with Crippen LogP contribution < -0.4 is 15.4 Å². The number of methoxy groups -OCH3 is 1. The second kappa shape index (κ2) is 10.7. The van der Waals surface area contributed by atoms with E-state index in [1.165, 1.54) is 0 Å². The summed E-state index contributed by atoms with van der Waals surface area (Å²) in [5, 5.41) is 12.8. The second-order valence-corrected chi connectivity index (χ2v) is 7.81. The summed E-state index contributed by atoms with van der Waals surface area (Å²) >= 11 is 5.30. The van der Waals surface area contributed by atoms with Crippen LogP contribution >= 0.6 is 12.2 Å². The van der Waals surface area contributed by atoms with Crippen LogP contribution in [0.15, 0.2) is 48.5 Å². The maximum absolute atomic E-state index is 12.6. The molecule has 0 saturated carbocycles. The highest BCUT2D eigenvalue weighted by atomic mass is 32.1. The fourth-order valence-corrected chi connectivity index (χ4v) is 3.25. The lowest BCUT2D eigenvalue weighted by Crippen LogP contribution is -2.32. The Labute approximate surface area is 192 Å². The first-order chi connectivity index (χ1) is 15.4. The van der Waals surface area contributed by atoms with Crippen LogP contribution in [-0.4, -0.2) is 39.7 Å². The van der Waals surface area contributed by atoms with Crippen LogP contribution in [0, 0.1) is 4.77 Å². The third kappa shape index (κ3) is 5.82. The summed E-state index contributed by atoms with van der Waals surface area (Å²) in [5.41, 5.74) is 2.21. The van der Waals surface area contributed by atoms with Crippen molar-refractivity contribution in [1.82, 2.24) is 25.4 Å². The van der Waals surface area contributed by atoms with Crippen LogP contribution in [0.5, 0.6) is 5.75 Å². The summed E-state index contributed by atoms with van der Waals surface area (Å²) in [6.45, 7) is 4.30. The molecule has 0 aliphatic rings. The average Bonchev–Trinajstić information content (AvgIpc) is 3.17. The Kier molecular flexibility index (Phi) is 7.77. The van der Waals surface area contributed by atoms with Crippen molar-refractivity contribution in [1.29, 1.82) is 0 Å². The van der Waals surface area contributed by atoms with E-state index in [1.807, 2.05) is 44.2 Å². The number of hydrogen-bond acceptors (Lipinski definition) is 5. The van der Waals surface area contributed by atoms with Gasteiger partial charge in [0.1, 0.15) is 12.3 Å². The summed E-state index contributed by atoms with van der Waals surface area (Å²) in [5.74, 6) is 0.955. The van der Waals surface area contributed by atoms with Crippen molar-refractivity contribution in [3.8, 4) is 17.1 Å². The minimum atomic E-state index is -0.216. The van der Waals surface area contributed by atoms with Crippen molar-refractivity contribution in [2.45, 2.75) is 39.4 Å². The van der Waals surface area contributed by atoms with Gasteiger partial charge in [-0.05, 0) is 67.5 Å². The van der Waals surface area contributed by atoms with Crippen LogP contribution in [0.2, 0.25) is 0 Å². The molecule has 32 heavy (non-hydrogen) atoms. The van der Waals surface area contributed by atoms with Crippen molar-refractivity contribution >= 4 is 24.0 Å². The highest BCUT2D eigenvalue weighted by molar-refractivity contribution is 7.71. The number of H-pyrrole nitrogens is 1. The van der Waals surface area contributed by atoms with E-state index >= 15 is 0 Å². The molecule has 2 amide bonds. The van der Waals surface area contributed by atoms with E-state index in [2.05, 4.69) is 20.8 Å². The molecule has 2 aromatic carbocycles. The number of rotatable bonds is 9. The molecule has 0 radical (unpaired) electrons. The largest absolute Gasteiger partial charge is 0.497 e. The quantitative estimate of drug-likeness (QED) is 0.431. The van der Waals surface area contributed by atoms with Crippen molar-refractivity contribution in [2.24, 2.45) is 0 Å². The van der Waals surface area contributed by atoms with Gasteiger partial charge in [0.25, 0.3) is 5.91 Å². The van der Waals surface area contributed by atoms with Crippen LogP contribution in [0.3, 0.4) is 0 Å². The Morgan fingerprint density at radius 2 is 1.97 bits per heavy atom. The molecule has 1 aromatic heterocycles. The first kappa shape index (κ1) is 23.2. The Balaban J connectivity index is 1.65. The molecule has 1 atom stereocenters. The predicted molar refractivity (Wildman–Crippen MR) is 125 cm³/mol. The number of aromatic amines is 1. The Bertz CT molecular complexity index is 1140. The van der Waals surface area contributed by atoms with Gasteiger partial charge < -0.3 is 15.4 Å². The normalized spacial score (nSPS) is 11.6. The van der Waals surface area contributed by atoms with Gasteiger partial charge in [-0.1, -0.05) is 19.1 Å². The minimum Gasteiger partial charge on any atom is -0.497 e. The van der Waals surface area contributed by atoms with Gasteiger partial charge in [0, 0.05) is 23.7 Å². The fourth-order valence-electron chi connectivity index (χ4n) is 3.06. The molecule has 0 bridgehead atoms. The summed E-state index contributed by atoms with van der Waals surface area (Å²) in [7, 11) is 1.60. The Morgan fingerprint density at radius 1 is 1.22 bits per heavy atom. The number of carbonyl (C=O) groups is 2. The van der Waals surface area contributed by atoms with Gasteiger partial charge in [0.05, 0.1) is 7.11 Å². The maximum Gasteiger partial charge on any atom is 0.251 e. The molecular weight excluding hydrogens is 426 g/mol. The maximum atomic E-state index is 12.6. The summed E-state index contributed by atoms with van der Waals surface area (Å²) in [6.07, 6.45) is 0.858.